The molecule has 0 spiro atoms. The molecule has 1 aromatic carbocycles. The third kappa shape index (κ3) is 3.72. The van der Waals surface area contributed by atoms with Crippen molar-refractivity contribution in [3.05, 3.63) is 65.6 Å². The fraction of sp³-hybridized carbons (Fsp3) is 0.118. The molecular formula is C17H17ClN6. The van der Waals surface area contributed by atoms with Gasteiger partial charge in [0.25, 0.3) is 0 Å². The van der Waals surface area contributed by atoms with Crippen LogP contribution in [0.3, 0.4) is 0 Å². The molecule has 0 saturated heterocycles. The number of hydrogen-bond acceptors (Lipinski definition) is 6. The van der Waals surface area contributed by atoms with Gasteiger partial charge in [0.05, 0.1) is 11.1 Å². The van der Waals surface area contributed by atoms with Crippen molar-refractivity contribution in [1.82, 2.24) is 15.0 Å². The molecule has 0 aliphatic carbocycles. The van der Waals surface area contributed by atoms with Crippen molar-refractivity contribution >= 4 is 34.7 Å². The maximum Gasteiger partial charge on any atom is 0.160 e. The van der Waals surface area contributed by atoms with Crippen LogP contribution >= 0.6 is 11.6 Å². The minimum absolute atomic E-state index is 0.0601. The van der Waals surface area contributed by atoms with E-state index in [1.54, 1.807) is 18.3 Å². The van der Waals surface area contributed by atoms with Crippen molar-refractivity contribution in [3.63, 3.8) is 0 Å². The molecule has 1 atom stereocenters. The third-order valence-corrected chi connectivity index (χ3v) is 3.73. The number of benzene rings is 1. The van der Waals surface area contributed by atoms with Crippen molar-refractivity contribution in [2.45, 2.75) is 13.0 Å². The van der Waals surface area contributed by atoms with Gasteiger partial charge in [-0.25, -0.2) is 15.0 Å². The molecule has 24 heavy (non-hydrogen) atoms. The maximum atomic E-state index is 6.18. The second-order valence-electron chi connectivity index (χ2n) is 5.25. The van der Waals surface area contributed by atoms with Gasteiger partial charge in [-0.05, 0) is 24.6 Å². The summed E-state index contributed by atoms with van der Waals surface area (Å²) in [6.45, 7) is 2.05. The Morgan fingerprint density at radius 2 is 1.75 bits per heavy atom. The molecule has 0 amide bonds. The second kappa shape index (κ2) is 7.14. The summed E-state index contributed by atoms with van der Waals surface area (Å²) in [4.78, 5) is 12.6. The van der Waals surface area contributed by atoms with E-state index in [0.717, 1.165) is 5.56 Å². The predicted octanol–water partition coefficient (Wildman–Crippen LogP) is 4.02. The number of halogens is 1. The number of nitrogen functional groups attached to an aromatic ring is 1. The smallest absolute Gasteiger partial charge is 0.160 e. The first-order chi connectivity index (χ1) is 11.6. The van der Waals surface area contributed by atoms with Crippen molar-refractivity contribution in [2.75, 3.05) is 16.4 Å². The second-order valence-corrected chi connectivity index (χ2v) is 5.68. The summed E-state index contributed by atoms with van der Waals surface area (Å²) in [5.41, 5.74) is 7.75. The number of nitrogens with zero attached hydrogens (tertiary/aromatic N) is 3. The summed E-state index contributed by atoms with van der Waals surface area (Å²) >= 11 is 5.84. The van der Waals surface area contributed by atoms with Crippen molar-refractivity contribution < 1.29 is 0 Å². The van der Waals surface area contributed by atoms with Crippen LogP contribution in [0.15, 0.2) is 55.0 Å². The van der Waals surface area contributed by atoms with E-state index in [1.807, 2.05) is 37.3 Å². The first kappa shape index (κ1) is 16.0. The molecular weight excluding hydrogens is 324 g/mol. The van der Waals surface area contributed by atoms with Crippen LogP contribution in [0.2, 0.25) is 5.02 Å². The Morgan fingerprint density at radius 3 is 2.46 bits per heavy atom. The highest BCUT2D eigenvalue weighted by molar-refractivity contribution is 6.30. The SMILES string of the molecule is CC(Nc1ncnc(Nc2ccc(Cl)cn2)c1N)c1ccccc1. The molecule has 2 aromatic heterocycles. The van der Waals surface area contributed by atoms with Crippen molar-refractivity contribution in [1.29, 1.82) is 0 Å². The first-order valence-electron chi connectivity index (χ1n) is 7.44. The number of nitrogens with one attached hydrogen (secondary N) is 2. The van der Waals surface area contributed by atoms with Gasteiger partial charge < -0.3 is 16.4 Å². The van der Waals surface area contributed by atoms with E-state index >= 15 is 0 Å². The molecule has 3 rings (SSSR count). The summed E-state index contributed by atoms with van der Waals surface area (Å²) in [7, 11) is 0. The van der Waals surface area contributed by atoms with Crippen molar-refractivity contribution in [2.24, 2.45) is 0 Å². The number of anilines is 4. The zero-order valence-electron chi connectivity index (χ0n) is 13.1. The van der Waals surface area contributed by atoms with Gasteiger partial charge in [-0.3, -0.25) is 0 Å². The molecule has 0 bridgehead atoms. The van der Waals surface area contributed by atoms with E-state index in [4.69, 9.17) is 17.3 Å². The van der Waals surface area contributed by atoms with Gasteiger partial charge in [0.2, 0.25) is 0 Å². The summed E-state index contributed by atoms with van der Waals surface area (Å²) in [6, 6.07) is 13.6. The Morgan fingerprint density at radius 1 is 1.00 bits per heavy atom. The lowest BCUT2D eigenvalue weighted by Crippen LogP contribution is -2.11. The number of aromatic nitrogens is 3. The monoisotopic (exact) mass is 340 g/mol. The quantitative estimate of drug-likeness (QED) is 0.650. The molecule has 0 aliphatic heterocycles. The van der Waals surface area contributed by atoms with E-state index in [0.29, 0.717) is 28.2 Å². The van der Waals surface area contributed by atoms with Crippen LogP contribution in [0.4, 0.5) is 23.1 Å². The maximum absolute atomic E-state index is 6.18. The topological polar surface area (TPSA) is 88.8 Å². The summed E-state index contributed by atoms with van der Waals surface area (Å²) in [6.07, 6.45) is 3.01. The normalized spacial score (nSPS) is 11.8. The summed E-state index contributed by atoms with van der Waals surface area (Å²) in [5, 5.41) is 6.94. The number of nitrogens with two attached hydrogens (primary N) is 1. The van der Waals surface area contributed by atoms with Crippen LogP contribution in [0.5, 0.6) is 0 Å². The molecule has 122 valence electrons. The fourth-order valence-corrected chi connectivity index (χ4v) is 2.32. The van der Waals surface area contributed by atoms with Gasteiger partial charge >= 0.3 is 0 Å². The lowest BCUT2D eigenvalue weighted by Gasteiger charge is -2.17. The standard InChI is InChI=1S/C17H17ClN6/c1-11(12-5-3-2-4-6-12)23-16-15(19)17(22-10-21-16)24-14-8-7-13(18)9-20-14/h2-11H,19H2,1H3,(H2,20,21,22,23,24). The minimum atomic E-state index is 0.0601. The zero-order chi connectivity index (χ0) is 16.9. The molecule has 3 aromatic rings. The van der Waals surface area contributed by atoms with Gasteiger partial charge in [0.1, 0.15) is 17.8 Å². The van der Waals surface area contributed by atoms with E-state index in [-0.39, 0.29) is 6.04 Å². The fourth-order valence-electron chi connectivity index (χ4n) is 2.21. The van der Waals surface area contributed by atoms with Crippen LogP contribution in [-0.4, -0.2) is 15.0 Å². The van der Waals surface area contributed by atoms with Crippen LogP contribution in [0, 0.1) is 0 Å². The summed E-state index contributed by atoms with van der Waals surface area (Å²) in [5.74, 6) is 1.66. The molecule has 0 radical (unpaired) electrons. The number of pyridine rings is 1. The predicted molar refractivity (Wildman–Crippen MR) is 97.5 cm³/mol. The van der Waals surface area contributed by atoms with E-state index < -0.39 is 0 Å². The number of hydrogen-bond donors (Lipinski definition) is 3. The Kier molecular flexibility index (Phi) is 4.77. The Balaban J connectivity index is 1.79. The molecule has 0 saturated carbocycles. The highest BCUT2D eigenvalue weighted by Crippen LogP contribution is 2.28. The van der Waals surface area contributed by atoms with Gasteiger partial charge in [-0.15, -0.1) is 0 Å². The van der Waals surface area contributed by atoms with E-state index in [1.165, 1.54) is 6.33 Å². The highest BCUT2D eigenvalue weighted by Gasteiger charge is 2.12. The molecule has 0 aliphatic rings. The molecule has 4 N–H and O–H groups in total. The minimum Gasteiger partial charge on any atom is -0.393 e. The van der Waals surface area contributed by atoms with Crippen LogP contribution in [-0.2, 0) is 0 Å². The largest absolute Gasteiger partial charge is 0.393 e. The average Bonchev–Trinajstić information content (AvgIpc) is 2.61. The molecule has 2 heterocycles. The lowest BCUT2D eigenvalue weighted by atomic mass is 10.1. The Labute approximate surface area is 145 Å². The average molecular weight is 341 g/mol. The first-order valence-corrected chi connectivity index (χ1v) is 7.82. The van der Waals surface area contributed by atoms with Gasteiger partial charge in [-0.2, -0.15) is 0 Å². The lowest BCUT2D eigenvalue weighted by molar-refractivity contribution is 0.873. The van der Waals surface area contributed by atoms with Crippen molar-refractivity contribution in [3.8, 4) is 0 Å². The Bertz CT molecular complexity index is 807. The van der Waals surface area contributed by atoms with Crippen LogP contribution in [0.25, 0.3) is 0 Å². The highest BCUT2D eigenvalue weighted by atomic mass is 35.5. The molecule has 7 heteroatoms. The van der Waals surface area contributed by atoms with E-state index in [2.05, 4.69) is 25.6 Å². The Hall–Kier alpha value is -2.86. The molecule has 6 nitrogen and oxygen atoms in total. The van der Waals surface area contributed by atoms with Crippen LogP contribution in [0.1, 0.15) is 18.5 Å². The zero-order valence-corrected chi connectivity index (χ0v) is 13.8. The van der Waals surface area contributed by atoms with Crippen LogP contribution < -0.4 is 16.4 Å². The number of rotatable bonds is 5. The van der Waals surface area contributed by atoms with Gasteiger partial charge in [-0.1, -0.05) is 41.9 Å². The molecule has 0 fully saturated rings. The molecule has 1 unspecified atom stereocenters. The van der Waals surface area contributed by atoms with Gasteiger partial charge in [0.15, 0.2) is 11.6 Å². The van der Waals surface area contributed by atoms with Gasteiger partial charge in [0, 0.05) is 6.20 Å². The van der Waals surface area contributed by atoms with E-state index in [9.17, 15) is 0 Å². The summed E-state index contributed by atoms with van der Waals surface area (Å²) < 4.78 is 0. The third-order valence-electron chi connectivity index (χ3n) is 3.51.